The Morgan fingerprint density at radius 3 is 3.03 bits per heavy atom. The number of methoxy groups -OCH3 is 1. The van der Waals surface area contributed by atoms with Gasteiger partial charge in [0.05, 0.1) is 35.6 Å². The zero-order valence-corrected chi connectivity index (χ0v) is 20.3. The summed E-state index contributed by atoms with van der Waals surface area (Å²) in [6.45, 7) is 1.79. The fourth-order valence-corrected chi connectivity index (χ4v) is 5.15. The molecule has 2 aromatic heterocycles. The van der Waals surface area contributed by atoms with E-state index < -0.39 is 0 Å². The number of nitrogens with one attached hydrogen (secondary N) is 2. The average Bonchev–Trinajstić information content (AvgIpc) is 3.25. The van der Waals surface area contributed by atoms with E-state index in [4.69, 9.17) is 9.47 Å². The number of aromatic nitrogens is 2. The summed E-state index contributed by atoms with van der Waals surface area (Å²) in [5, 5.41) is 6.34. The van der Waals surface area contributed by atoms with Gasteiger partial charge in [-0.3, -0.25) is 14.7 Å². The van der Waals surface area contributed by atoms with Gasteiger partial charge in [0.25, 0.3) is 0 Å². The Morgan fingerprint density at radius 1 is 1.23 bits per heavy atom. The highest BCUT2D eigenvalue weighted by atomic mass is 32.2. The van der Waals surface area contributed by atoms with Crippen molar-refractivity contribution in [1.82, 2.24) is 15.3 Å². The molecule has 0 aliphatic carbocycles. The van der Waals surface area contributed by atoms with Crippen LogP contribution in [0.5, 0.6) is 5.88 Å². The van der Waals surface area contributed by atoms with Crippen LogP contribution in [-0.4, -0.2) is 60.6 Å². The van der Waals surface area contributed by atoms with Gasteiger partial charge in [0.2, 0.25) is 11.8 Å². The number of hydrogen-bond donors (Lipinski definition) is 2. The number of hydrogen-bond acceptors (Lipinski definition) is 8. The van der Waals surface area contributed by atoms with Gasteiger partial charge in [-0.25, -0.2) is 9.78 Å². The summed E-state index contributed by atoms with van der Waals surface area (Å²) in [6, 6.07) is 11.4. The molecule has 0 spiro atoms. The third-order valence-corrected chi connectivity index (χ3v) is 7.19. The van der Waals surface area contributed by atoms with Crippen molar-refractivity contribution >= 4 is 46.2 Å². The van der Waals surface area contributed by atoms with Gasteiger partial charge in [0.1, 0.15) is 6.61 Å². The van der Waals surface area contributed by atoms with E-state index in [-0.39, 0.29) is 18.0 Å². The fraction of sp³-hybridized carbons (Fsp3) is 0.360. The second-order valence-corrected chi connectivity index (χ2v) is 9.49. The number of amides is 2. The fourth-order valence-electron chi connectivity index (χ4n) is 4.36. The molecule has 2 N–H and O–H groups in total. The van der Waals surface area contributed by atoms with Crippen LogP contribution in [0.25, 0.3) is 11.0 Å². The number of pyridine rings is 2. The molecule has 4 heterocycles. The molecule has 1 fully saturated rings. The van der Waals surface area contributed by atoms with Gasteiger partial charge < -0.3 is 20.1 Å². The summed E-state index contributed by atoms with van der Waals surface area (Å²) in [4.78, 5) is 35.8. The van der Waals surface area contributed by atoms with Gasteiger partial charge in [-0.05, 0) is 61.7 Å². The Morgan fingerprint density at radius 2 is 2.14 bits per heavy atom. The summed E-state index contributed by atoms with van der Waals surface area (Å²) < 4.78 is 10.6. The van der Waals surface area contributed by atoms with E-state index in [9.17, 15) is 9.59 Å². The van der Waals surface area contributed by atoms with Gasteiger partial charge in [-0.1, -0.05) is 0 Å². The summed E-state index contributed by atoms with van der Waals surface area (Å²) in [5.74, 6) is 0.968. The molecule has 9 nitrogen and oxygen atoms in total. The zero-order chi connectivity index (χ0) is 24.2. The zero-order valence-electron chi connectivity index (χ0n) is 19.5. The average molecular weight is 494 g/mol. The van der Waals surface area contributed by atoms with Gasteiger partial charge in [0.15, 0.2) is 0 Å². The topological polar surface area (TPSA) is 106 Å². The molecular weight excluding hydrogens is 466 g/mol. The highest BCUT2D eigenvalue weighted by Crippen LogP contribution is 2.35. The smallest absolute Gasteiger partial charge is 0.414 e. The maximum Gasteiger partial charge on any atom is 0.414 e. The number of ether oxygens (including phenoxy) is 2. The number of fused-ring (bicyclic) bond motifs is 2. The highest BCUT2D eigenvalue weighted by molar-refractivity contribution is 8.00. The number of thioether (sulfide) groups is 1. The minimum Gasteiger partial charge on any atom is -0.481 e. The molecule has 35 heavy (non-hydrogen) atoms. The van der Waals surface area contributed by atoms with Gasteiger partial charge in [-0.2, -0.15) is 0 Å². The monoisotopic (exact) mass is 493 g/mol. The maximum absolute atomic E-state index is 12.4. The molecule has 0 radical (unpaired) electrons. The number of cyclic esters (lactones) is 1. The number of rotatable bonds is 9. The Balaban J connectivity index is 1.13. The molecule has 0 saturated carbocycles. The van der Waals surface area contributed by atoms with Crippen molar-refractivity contribution < 1.29 is 19.1 Å². The lowest BCUT2D eigenvalue weighted by atomic mass is 10.1. The predicted octanol–water partition coefficient (Wildman–Crippen LogP) is 3.62. The second kappa shape index (κ2) is 10.5. The molecule has 10 heteroatoms. The van der Waals surface area contributed by atoms with Crippen molar-refractivity contribution in [3.63, 3.8) is 0 Å². The second-order valence-electron chi connectivity index (χ2n) is 8.47. The molecule has 1 atom stereocenters. The quantitative estimate of drug-likeness (QED) is 0.436. The first kappa shape index (κ1) is 23.4. The van der Waals surface area contributed by atoms with Crippen LogP contribution >= 0.6 is 11.8 Å². The van der Waals surface area contributed by atoms with Crippen LogP contribution in [-0.2, 0) is 16.0 Å². The van der Waals surface area contributed by atoms with Crippen molar-refractivity contribution in [2.75, 3.05) is 42.8 Å². The molecule has 3 aromatic rings. The van der Waals surface area contributed by atoms with Gasteiger partial charge in [0, 0.05) is 29.4 Å². The molecule has 0 unspecified atom stereocenters. The van der Waals surface area contributed by atoms with Crippen LogP contribution in [0.2, 0.25) is 0 Å². The van der Waals surface area contributed by atoms with Crippen molar-refractivity contribution in [2.24, 2.45) is 0 Å². The molecule has 182 valence electrons. The minimum absolute atomic E-state index is 0.0310. The molecule has 2 aliphatic rings. The molecule has 1 saturated heterocycles. The third kappa shape index (κ3) is 5.18. The van der Waals surface area contributed by atoms with Crippen molar-refractivity contribution in [1.29, 1.82) is 0 Å². The Kier molecular flexibility index (Phi) is 7.01. The van der Waals surface area contributed by atoms with Crippen molar-refractivity contribution in [3.8, 4) is 5.88 Å². The number of carbonyl (C=O) groups excluding carboxylic acids is 2. The highest BCUT2D eigenvalue weighted by Gasteiger charge is 2.34. The van der Waals surface area contributed by atoms with Crippen LogP contribution in [0.3, 0.4) is 0 Å². The number of anilines is 2. The van der Waals surface area contributed by atoms with Crippen molar-refractivity contribution in [2.45, 2.75) is 30.2 Å². The van der Waals surface area contributed by atoms with E-state index in [1.54, 1.807) is 12.0 Å². The third-order valence-electron chi connectivity index (χ3n) is 6.12. The Labute approximate surface area is 207 Å². The summed E-state index contributed by atoms with van der Waals surface area (Å²) in [5.41, 5.74) is 4.39. The first-order valence-electron chi connectivity index (χ1n) is 11.6. The summed E-state index contributed by atoms with van der Waals surface area (Å²) >= 11 is 1.50. The minimum atomic E-state index is -0.362. The lowest BCUT2D eigenvalue weighted by Crippen LogP contribution is -2.41. The molecule has 5 rings (SSSR count). The number of nitrogens with zero attached hydrogens (tertiary/aromatic N) is 3. The van der Waals surface area contributed by atoms with E-state index in [0.717, 1.165) is 58.7 Å². The first-order chi connectivity index (χ1) is 17.1. The maximum atomic E-state index is 12.4. The van der Waals surface area contributed by atoms with Crippen LogP contribution < -0.4 is 20.3 Å². The molecule has 1 aromatic carbocycles. The van der Waals surface area contributed by atoms with Crippen molar-refractivity contribution in [3.05, 3.63) is 48.2 Å². The summed E-state index contributed by atoms with van der Waals surface area (Å²) in [7, 11) is 1.61. The van der Waals surface area contributed by atoms with E-state index in [1.807, 2.05) is 42.6 Å². The molecular formula is C25H27N5O4S. The van der Waals surface area contributed by atoms with Gasteiger partial charge >= 0.3 is 6.09 Å². The van der Waals surface area contributed by atoms with E-state index >= 15 is 0 Å². The SMILES string of the molecule is COc1ccc2nccc(CCCCNC[C@H]3COC(=O)N3c3ccc4c(c3)NC(=O)CS4)c2n1. The number of aryl methyl sites for hydroxylation is 1. The van der Waals surface area contributed by atoms with Crippen LogP contribution in [0, 0.1) is 0 Å². The van der Waals surface area contributed by atoms with Gasteiger partial charge in [-0.15, -0.1) is 11.8 Å². The van der Waals surface area contributed by atoms with Crippen LogP contribution in [0.1, 0.15) is 18.4 Å². The number of carbonyl (C=O) groups is 2. The van der Waals surface area contributed by atoms with Crippen LogP contribution in [0.4, 0.5) is 16.2 Å². The molecule has 2 aliphatic heterocycles. The Hall–Kier alpha value is -3.37. The van der Waals surface area contributed by atoms with E-state index in [2.05, 4.69) is 20.6 Å². The predicted molar refractivity (Wildman–Crippen MR) is 135 cm³/mol. The summed E-state index contributed by atoms with van der Waals surface area (Å²) in [6.07, 6.45) is 4.34. The Bertz CT molecular complexity index is 1250. The first-order valence-corrected chi connectivity index (χ1v) is 12.6. The number of unbranched alkanes of at least 4 members (excludes halogenated alkanes) is 1. The molecule has 0 bridgehead atoms. The van der Waals surface area contributed by atoms with Crippen LogP contribution in [0.15, 0.2) is 47.5 Å². The standard InChI is InChI=1S/C25H27N5O4S/c1-33-23-8-6-19-24(29-23)16(9-11-27-19)4-2-3-10-26-13-18-14-34-25(32)30(18)17-5-7-21-20(12-17)28-22(31)15-35-21/h5-9,11-12,18,26H,2-4,10,13-15H2,1H3,(H,28,31)/t18-/m0/s1. The lowest BCUT2D eigenvalue weighted by Gasteiger charge is -2.24. The largest absolute Gasteiger partial charge is 0.481 e. The normalized spacial score (nSPS) is 17.3. The van der Waals surface area contributed by atoms with E-state index in [1.165, 1.54) is 11.8 Å². The van der Waals surface area contributed by atoms with E-state index in [0.29, 0.717) is 24.8 Å². The lowest BCUT2D eigenvalue weighted by molar-refractivity contribution is -0.113. The number of benzene rings is 1. The molecule has 2 amide bonds.